The first-order valence-electron chi connectivity index (χ1n) is 7.70. The van der Waals surface area contributed by atoms with Crippen molar-refractivity contribution in [2.45, 2.75) is 37.5 Å². The van der Waals surface area contributed by atoms with Crippen LogP contribution in [0.5, 0.6) is 0 Å². The van der Waals surface area contributed by atoms with Gasteiger partial charge in [-0.05, 0) is 30.0 Å². The molecule has 1 amide bonds. The number of aliphatic hydroxyl groups excluding tert-OH is 1. The number of hydrogen-bond donors (Lipinski definition) is 2. The fourth-order valence-corrected chi connectivity index (χ4v) is 2.86. The van der Waals surface area contributed by atoms with E-state index in [1.807, 2.05) is 4.90 Å². The number of nitrogens with zero attached hydrogens (tertiary/aromatic N) is 1. The maximum atomic E-state index is 13.9. The van der Waals surface area contributed by atoms with Gasteiger partial charge >= 0.3 is 6.18 Å². The van der Waals surface area contributed by atoms with E-state index in [-0.39, 0.29) is 18.2 Å². The molecular formula is C16H20F4N2O2. The average molecular weight is 348 g/mol. The van der Waals surface area contributed by atoms with Crippen LogP contribution < -0.4 is 5.73 Å². The summed E-state index contributed by atoms with van der Waals surface area (Å²) >= 11 is 0. The van der Waals surface area contributed by atoms with Crippen LogP contribution in [0, 0.1) is 5.82 Å². The van der Waals surface area contributed by atoms with Gasteiger partial charge in [-0.15, -0.1) is 0 Å². The van der Waals surface area contributed by atoms with Gasteiger partial charge in [0, 0.05) is 19.6 Å². The number of nitrogens with two attached hydrogens (primary N) is 1. The Labute approximate surface area is 137 Å². The molecule has 1 aromatic carbocycles. The molecule has 1 aromatic rings. The number of aliphatic hydroxyl groups is 1. The van der Waals surface area contributed by atoms with Crippen molar-refractivity contribution in [3.05, 3.63) is 35.1 Å². The molecule has 0 bridgehead atoms. The number of carbonyl (C=O) groups excluding carboxylic acids is 1. The van der Waals surface area contributed by atoms with Crippen LogP contribution in [0.15, 0.2) is 18.2 Å². The lowest BCUT2D eigenvalue weighted by Crippen LogP contribution is -2.41. The lowest BCUT2D eigenvalue weighted by Gasteiger charge is -2.31. The minimum Gasteiger partial charge on any atom is -0.393 e. The largest absolute Gasteiger partial charge is 0.393 e. The van der Waals surface area contributed by atoms with Crippen molar-refractivity contribution in [2.24, 2.45) is 5.73 Å². The molecule has 0 unspecified atom stereocenters. The molecule has 0 aliphatic carbocycles. The van der Waals surface area contributed by atoms with E-state index in [2.05, 4.69) is 0 Å². The third-order valence-corrected chi connectivity index (χ3v) is 4.21. The summed E-state index contributed by atoms with van der Waals surface area (Å²) in [5.74, 6) is -2.47. The highest BCUT2D eigenvalue weighted by Gasteiger charge is 2.30. The van der Waals surface area contributed by atoms with Crippen LogP contribution in [-0.2, 0) is 11.2 Å². The van der Waals surface area contributed by atoms with E-state index in [9.17, 15) is 27.5 Å². The predicted octanol–water partition coefficient (Wildman–Crippen LogP) is 1.96. The minimum atomic E-state index is -4.50. The van der Waals surface area contributed by atoms with Crippen molar-refractivity contribution in [1.82, 2.24) is 4.90 Å². The van der Waals surface area contributed by atoms with E-state index in [4.69, 9.17) is 5.73 Å². The summed E-state index contributed by atoms with van der Waals surface area (Å²) < 4.78 is 51.1. The Morgan fingerprint density at radius 2 is 1.96 bits per heavy atom. The van der Waals surface area contributed by atoms with Gasteiger partial charge < -0.3 is 15.7 Å². The molecule has 0 spiro atoms. The number of halogens is 4. The Bertz CT molecular complexity index is 584. The number of benzene rings is 1. The van der Waals surface area contributed by atoms with Crippen LogP contribution in [0.2, 0.25) is 0 Å². The third kappa shape index (κ3) is 5.17. The number of piperidine rings is 1. The zero-order valence-corrected chi connectivity index (χ0v) is 13.0. The molecule has 2 rings (SSSR count). The van der Waals surface area contributed by atoms with Crippen LogP contribution in [0.1, 0.15) is 29.9 Å². The van der Waals surface area contributed by atoms with Gasteiger partial charge in [0.25, 0.3) is 0 Å². The summed E-state index contributed by atoms with van der Waals surface area (Å²) in [4.78, 5) is 13.6. The average Bonchev–Trinajstić information content (AvgIpc) is 2.47. The van der Waals surface area contributed by atoms with Crippen molar-refractivity contribution in [3.63, 3.8) is 0 Å². The van der Waals surface area contributed by atoms with E-state index in [0.717, 1.165) is 12.1 Å². The Balaban J connectivity index is 2.13. The van der Waals surface area contributed by atoms with Crippen LogP contribution >= 0.6 is 0 Å². The molecule has 0 radical (unpaired) electrons. The highest BCUT2D eigenvalue weighted by atomic mass is 19.4. The number of alkyl halides is 3. The molecule has 1 fully saturated rings. The second-order valence-corrected chi connectivity index (χ2v) is 6.13. The maximum Gasteiger partial charge on any atom is 0.393 e. The SMILES string of the molecule is NC(=O)[C@H](CN1CCC(O)CC1)c1ccc(CC(F)(F)F)c(F)c1. The van der Waals surface area contributed by atoms with Gasteiger partial charge in [0.05, 0.1) is 18.4 Å². The summed E-state index contributed by atoms with van der Waals surface area (Å²) in [5, 5.41) is 9.49. The predicted molar refractivity (Wildman–Crippen MR) is 79.8 cm³/mol. The van der Waals surface area contributed by atoms with Gasteiger partial charge in [0.2, 0.25) is 5.91 Å². The summed E-state index contributed by atoms with van der Waals surface area (Å²) in [6, 6.07) is 3.32. The lowest BCUT2D eigenvalue weighted by atomic mass is 9.94. The third-order valence-electron chi connectivity index (χ3n) is 4.21. The summed E-state index contributed by atoms with van der Waals surface area (Å²) in [6.07, 6.45) is -5.08. The monoisotopic (exact) mass is 348 g/mol. The number of carbonyl (C=O) groups is 1. The number of likely N-dealkylation sites (tertiary alicyclic amines) is 1. The Kier molecular flexibility index (Phi) is 5.82. The van der Waals surface area contributed by atoms with Gasteiger partial charge in [0.15, 0.2) is 0 Å². The zero-order valence-electron chi connectivity index (χ0n) is 13.0. The summed E-state index contributed by atoms with van der Waals surface area (Å²) in [5.41, 5.74) is 5.18. The molecular weight excluding hydrogens is 328 g/mol. The van der Waals surface area contributed by atoms with Gasteiger partial charge in [0.1, 0.15) is 5.82 Å². The molecule has 1 aliphatic rings. The zero-order chi connectivity index (χ0) is 17.9. The molecule has 134 valence electrons. The standard InChI is InChI=1S/C16H20F4N2O2/c17-14-7-10(1-2-11(14)8-16(18,19)20)13(15(21)24)9-22-5-3-12(23)4-6-22/h1-2,7,12-13,23H,3-6,8-9H2,(H2,21,24)/t13-/m1/s1. The molecule has 3 N–H and O–H groups in total. The molecule has 1 aliphatic heterocycles. The summed E-state index contributed by atoms with van der Waals surface area (Å²) in [7, 11) is 0. The fraction of sp³-hybridized carbons (Fsp3) is 0.562. The smallest absolute Gasteiger partial charge is 0.393 e. The van der Waals surface area contributed by atoms with E-state index < -0.39 is 35.8 Å². The molecule has 1 heterocycles. The van der Waals surface area contributed by atoms with Crippen molar-refractivity contribution >= 4 is 5.91 Å². The van der Waals surface area contributed by atoms with Gasteiger partial charge in [-0.2, -0.15) is 13.2 Å². The molecule has 24 heavy (non-hydrogen) atoms. The van der Waals surface area contributed by atoms with E-state index >= 15 is 0 Å². The first-order chi connectivity index (χ1) is 11.2. The van der Waals surface area contributed by atoms with Crippen molar-refractivity contribution in [1.29, 1.82) is 0 Å². The van der Waals surface area contributed by atoms with Crippen LogP contribution in [0.3, 0.4) is 0 Å². The molecule has 0 aromatic heterocycles. The second-order valence-electron chi connectivity index (χ2n) is 6.13. The van der Waals surface area contributed by atoms with Gasteiger partial charge in [-0.3, -0.25) is 4.79 Å². The highest BCUT2D eigenvalue weighted by Crippen LogP contribution is 2.26. The molecule has 8 heteroatoms. The fourth-order valence-electron chi connectivity index (χ4n) is 2.86. The normalized spacial score (nSPS) is 18.5. The van der Waals surface area contributed by atoms with Crippen molar-refractivity contribution in [3.8, 4) is 0 Å². The molecule has 1 saturated heterocycles. The number of amides is 1. The van der Waals surface area contributed by atoms with Crippen molar-refractivity contribution < 1.29 is 27.5 Å². The number of hydrogen-bond acceptors (Lipinski definition) is 3. The lowest BCUT2D eigenvalue weighted by molar-refractivity contribution is -0.127. The Hall–Kier alpha value is -1.67. The Morgan fingerprint density at radius 1 is 1.33 bits per heavy atom. The van der Waals surface area contributed by atoms with Gasteiger partial charge in [-0.1, -0.05) is 12.1 Å². The number of primary amides is 1. The highest BCUT2D eigenvalue weighted by molar-refractivity contribution is 5.82. The molecule has 1 atom stereocenters. The Morgan fingerprint density at radius 3 is 2.46 bits per heavy atom. The minimum absolute atomic E-state index is 0.250. The topological polar surface area (TPSA) is 66.6 Å². The van der Waals surface area contributed by atoms with Gasteiger partial charge in [-0.25, -0.2) is 4.39 Å². The van der Waals surface area contributed by atoms with Crippen LogP contribution in [0.4, 0.5) is 17.6 Å². The first-order valence-corrected chi connectivity index (χ1v) is 7.70. The van der Waals surface area contributed by atoms with E-state index in [1.165, 1.54) is 6.07 Å². The molecule has 4 nitrogen and oxygen atoms in total. The second kappa shape index (κ2) is 7.48. The quantitative estimate of drug-likeness (QED) is 0.800. The van der Waals surface area contributed by atoms with E-state index in [0.29, 0.717) is 25.9 Å². The summed E-state index contributed by atoms with van der Waals surface area (Å²) in [6.45, 7) is 1.42. The maximum absolute atomic E-state index is 13.9. The molecule has 0 saturated carbocycles. The van der Waals surface area contributed by atoms with Crippen molar-refractivity contribution in [2.75, 3.05) is 19.6 Å². The van der Waals surface area contributed by atoms with E-state index in [1.54, 1.807) is 0 Å². The number of rotatable bonds is 5. The van der Waals surface area contributed by atoms with Crippen LogP contribution in [-0.4, -0.2) is 47.8 Å². The first kappa shape index (κ1) is 18.7. The van der Waals surface area contributed by atoms with Crippen LogP contribution in [0.25, 0.3) is 0 Å².